The Kier molecular flexibility index (Phi) is 5.65. The fourth-order valence-corrected chi connectivity index (χ4v) is 3.04. The highest BCUT2D eigenvalue weighted by Gasteiger charge is 2.26. The molecule has 1 atom stereocenters. The predicted molar refractivity (Wildman–Crippen MR) is 94.6 cm³/mol. The predicted octanol–water partition coefficient (Wildman–Crippen LogP) is 3.39. The zero-order chi connectivity index (χ0) is 19.6. The molecule has 0 unspecified atom stereocenters. The van der Waals surface area contributed by atoms with Gasteiger partial charge in [-0.25, -0.2) is 17.6 Å². The van der Waals surface area contributed by atoms with Crippen molar-refractivity contribution >= 4 is 17.3 Å². The molecule has 3 rings (SSSR count). The minimum absolute atomic E-state index is 0.299. The first-order valence-electron chi connectivity index (χ1n) is 8.55. The van der Waals surface area contributed by atoms with Crippen LogP contribution in [0.15, 0.2) is 36.4 Å². The van der Waals surface area contributed by atoms with Gasteiger partial charge in [-0.05, 0) is 43.3 Å². The summed E-state index contributed by atoms with van der Waals surface area (Å²) in [6, 6.07) is 7.38. The number of piperazine rings is 1. The molecule has 1 heterocycles. The number of hydrogen-bond donors (Lipinski definition) is 1. The lowest BCUT2D eigenvalue weighted by atomic mass is 10.2. The molecule has 2 aromatic carbocycles. The van der Waals surface area contributed by atoms with Crippen LogP contribution in [0.4, 0.5) is 28.9 Å². The van der Waals surface area contributed by atoms with Crippen molar-refractivity contribution in [1.29, 1.82) is 0 Å². The summed E-state index contributed by atoms with van der Waals surface area (Å²) in [6.07, 6.45) is 0. The number of hydrogen-bond acceptors (Lipinski definition) is 3. The number of rotatable bonds is 4. The summed E-state index contributed by atoms with van der Waals surface area (Å²) in [5, 5.41) is 2.31. The van der Waals surface area contributed by atoms with Crippen LogP contribution in [-0.2, 0) is 4.79 Å². The molecule has 8 heteroatoms. The Morgan fingerprint density at radius 1 is 0.926 bits per heavy atom. The Bertz CT molecular complexity index is 820. The van der Waals surface area contributed by atoms with Gasteiger partial charge in [0.15, 0.2) is 17.5 Å². The van der Waals surface area contributed by atoms with Crippen LogP contribution < -0.4 is 10.2 Å². The average Bonchev–Trinajstić information content (AvgIpc) is 2.68. The zero-order valence-corrected chi connectivity index (χ0v) is 14.7. The minimum atomic E-state index is -1.62. The van der Waals surface area contributed by atoms with Crippen molar-refractivity contribution in [3.8, 4) is 0 Å². The smallest absolute Gasteiger partial charge is 0.241 e. The number of carbonyl (C=O) groups is 1. The third-order valence-corrected chi connectivity index (χ3v) is 4.73. The van der Waals surface area contributed by atoms with Crippen molar-refractivity contribution in [3.63, 3.8) is 0 Å². The average molecular weight is 381 g/mol. The van der Waals surface area contributed by atoms with E-state index in [4.69, 9.17) is 0 Å². The van der Waals surface area contributed by atoms with Gasteiger partial charge in [-0.15, -0.1) is 0 Å². The molecule has 2 aromatic rings. The number of amides is 1. The summed E-state index contributed by atoms with van der Waals surface area (Å²) >= 11 is 0. The van der Waals surface area contributed by atoms with Crippen molar-refractivity contribution in [2.24, 2.45) is 0 Å². The Balaban J connectivity index is 1.58. The largest absolute Gasteiger partial charge is 0.369 e. The topological polar surface area (TPSA) is 35.6 Å². The van der Waals surface area contributed by atoms with E-state index in [1.807, 2.05) is 4.90 Å². The maximum absolute atomic E-state index is 13.7. The summed E-state index contributed by atoms with van der Waals surface area (Å²) in [4.78, 5) is 16.3. The summed E-state index contributed by atoms with van der Waals surface area (Å²) in [5.41, 5.74) is 0.507. The SMILES string of the molecule is C[C@@H](C(=O)Nc1ccc(F)c(F)c1F)N1CCN(c2ccc(F)cc2)CC1. The van der Waals surface area contributed by atoms with Crippen molar-refractivity contribution in [2.45, 2.75) is 13.0 Å². The number of carbonyl (C=O) groups excluding carboxylic acids is 1. The highest BCUT2D eigenvalue weighted by molar-refractivity contribution is 5.94. The lowest BCUT2D eigenvalue weighted by molar-refractivity contribution is -0.120. The van der Waals surface area contributed by atoms with Gasteiger partial charge in [0.2, 0.25) is 5.91 Å². The first-order chi connectivity index (χ1) is 12.9. The molecule has 0 radical (unpaired) electrons. The van der Waals surface area contributed by atoms with Crippen molar-refractivity contribution in [2.75, 3.05) is 36.4 Å². The molecule has 144 valence electrons. The molecule has 0 bridgehead atoms. The highest BCUT2D eigenvalue weighted by Crippen LogP contribution is 2.21. The Hall–Kier alpha value is -2.61. The van der Waals surface area contributed by atoms with Crippen LogP contribution in [0.3, 0.4) is 0 Å². The van der Waals surface area contributed by atoms with Gasteiger partial charge >= 0.3 is 0 Å². The third kappa shape index (κ3) is 4.21. The van der Waals surface area contributed by atoms with E-state index in [1.54, 1.807) is 19.1 Å². The van der Waals surface area contributed by atoms with Gasteiger partial charge in [-0.3, -0.25) is 9.69 Å². The number of anilines is 2. The van der Waals surface area contributed by atoms with E-state index in [0.29, 0.717) is 26.2 Å². The van der Waals surface area contributed by atoms with Gasteiger partial charge in [0.1, 0.15) is 5.82 Å². The van der Waals surface area contributed by atoms with Crippen LogP contribution in [0, 0.1) is 23.3 Å². The minimum Gasteiger partial charge on any atom is -0.369 e. The van der Waals surface area contributed by atoms with Gasteiger partial charge in [-0.1, -0.05) is 0 Å². The van der Waals surface area contributed by atoms with Crippen LogP contribution in [0.5, 0.6) is 0 Å². The molecule has 1 amide bonds. The van der Waals surface area contributed by atoms with Crippen LogP contribution in [0.1, 0.15) is 6.92 Å². The van der Waals surface area contributed by atoms with Crippen LogP contribution in [-0.4, -0.2) is 43.0 Å². The standard InChI is InChI=1S/C19H19F4N3O/c1-12(19(27)24-16-7-6-15(21)17(22)18(16)23)25-8-10-26(11-9-25)14-4-2-13(20)3-5-14/h2-7,12H,8-11H2,1H3,(H,24,27)/t12-/m0/s1. The van der Waals surface area contributed by atoms with Crippen LogP contribution in [0.2, 0.25) is 0 Å². The van der Waals surface area contributed by atoms with E-state index >= 15 is 0 Å². The third-order valence-electron chi connectivity index (χ3n) is 4.73. The number of nitrogens with one attached hydrogen (secondary N) is 1. The molecular formula is C19H19F4N3O. The maximum Gasteiger partial charge on any atom is 0.241 e. The highest BCUT2D eigenvalue weighted by atomic mass is 19.2. The van der Waals surface area contributed by atoms with Crippen molar-refractivity contribution in [1.82, 2.24) is 4.90 Å². The van der Waals surface area contributed by atoms with Crippen molar-refractivity contribution < 1.29 is 22.4 Å². The summed E-state index contributed by atoms with van der Waals surface area (Å²) in [5.74, 6) is -5.15. The zero-order valence-electron chi connectivity index (χ0n) is 14.7. The summed E-state index contributed by atoms with van der Waals surface area (Å²) in [6.45, 7) is 4.10. The molecule has 0 aliphatic carbocycles. The normalized spacial score (nSPS) is 16.3. The molecule has 1 aliphatic heterocycles. The lowest BCUT2D eigenvalue weighted by Crippen LogP contribution is -2.52. The second-order valence-corrected chi connectivity index (χ2v) is 6.39. The molecule has 0 saturated carbocycles. The van der Waals surface area contributed by atoms with Crippen LogP contribution >= 0.6 is 0 Å². The van der Waals surface area contributed by atoms with Crippen molar-refractivity contribution in [3.05, 3.63) is 59.7 Å². The van der Waals surface area contributed by atoms with E-state index in [0.717, 1.165) is 17.8 Å². The second-order valence-electron chi connectivity index (χ2n) is 6.39. The van der Waals surface area contributed by atoms with Gasteiger partial charge in [0.05, 0.1) is 11.7 Å². The fraction of sp³-hybridized carbons (Fsp3) is 0.316. The fourth-order valence-electron chi connectivity index (χ4n) is 3.04. The molecular weight excluding hydrogens is 362 g/mol. The molecule has 1 N–H and O–H groups in total. The van der Waals surface area contributed by atoms with E-state index in [2.05, 4.69) is 10.2 Å². The molecule has 1 saturated heterocycles. The second kappa shape index (κ2) is 7.96. The summed E-state index contributed by atoms with van der Waals surface area (Å²) < 4.78 is 53.0. The van der Waals surface area contributed by atoms with Crippen LogP contribution in [0.25, 0.3) is 0 Å². The van der Waals surface area contributed by atoms with Gasteiger partial charge in [-0.2, -0.15) is 0 Å². The lowest BCUT2D eigenvalue weighted by Gasteiger charge is -2.38. The quantitative estimate of drug-likeness (QED) is 0.652. The molecule has 1 aliphatic rings. The molecule has 0 aromatic heterocycles. The molecule has 27 heavy (non-hydrogen) atoms. The molecule has 4 nitrogen and oxygen atoms in total. The Labute approximate surface area is 154 Å². The monoisotopic (exact) mass is 381 g/mol. The Morgan fingerprint density at radius 3 is 2.19 bits per heavy atom. The van der Waals surface area contributed by atoms with Gasteiger partial charge in [0.25, 0.3) is 0 Å². The Morgan fingerprint density at radius 2 is 1.56 bits per heavy atom. The van der Waals surface area contributed by atoms with E-state index in [1.165, 1.54) is 12.1 Å². The number of benzene rings is 2. The van der Waals surface area contributed by atoms with E-state index < -0.39 is 35.1 Å². The van der Waals surface area contributed by atoms with E-state index in [-0.39, 0.29) is 5.82 Å². The number of nitrogens with zero attached hydrogens (tertiary/aromatic N) is 2. The first kappa shape index (κ1) is 19.2. The molecule has 0 spiro atoms. The first-order valence-corrected chi connectivity index (χ1v) is 8.55. The molecule has 1 fully saturated rings. The van der Waals surface area contributed by atoms with Gasteiger partial charge in [0, 0.05) is 31.9 Å². The van der Waals surface area contributed by atoms with E-state index in [9.17, 15) is 22.4 Å². The van der Waals surface area contributed by atoms with Gasteiger partial charge < -0.3 is 10.2 Å². The summed E-state index contributed by atoms with van der Waals surface area (Å²) in [7, 11) is 0. The maximum atomic E-state index is 13.7. The number of halogens is 4.